The average Bonchev–Trinajstić information content (AvgIpc) is 2.27. The van der Waals surface area contributed by atoms with E-state index < -0.39 is 0 Å². The van der Waals surface area contributed by atoms with Crippen LogP contribution in [-0.2, 0) is 6.42 Å². The van der Waals surface area contributed by atoms with E-state index in [-0.39, 0.29) is 0 Å². The zero-order valence-electron chi connectivity index (χ0n) is 10.2. The van der Waals surface area contributed by atoms with E-state index in [0.717, 1.165) is 6.42 Å². The van der Waals surface area contributed by atoms with Crippen LogP contribution in [0.3, 0.4) is 0 Å². The minimum atomic E-state index is 1.04. The molecule has 0 unspecified atom stereocenters. The Kier molecular flexibility index (Phi) is 3.09. The molecule has 0 nitrogen and oxygen atoms in total. The van der Waals surface area contributed by atoms with Crippen LogP contribution in [0, 0.1) is 20.8 Å². The van der Waals surface area contributed by atoms with Gasteiger partial charge in [0.1, 0.15) is 0 Å². The summed E-state index contributed by atoms with van der Waals surface area (Å²) in [5.74, 6) is 0. The molecular weight excluding hydrogens is 192 g/mol. The second kappa shape index (κ2) is 4.52. The highest BCUT2D eigenvalue weighted by Gasteiger charge is 2.02. The van der Waals surface area contributed by atoms with Gasteiger partial charge in [-0.3, -0.25) is 0 Å². The van der Waals surface area contributed by atoms with Gasteiger partial charge in [0.25, 0.3) is 0 Å². The first kappa shape index (κ1) is 10.9. The summed E-state index contributed by atoms with van der Waals surface area (Å²) >= 11 is 0. The van der Waals surface area contributed by atoms with Crippen molar-refractivity contribution < 1.29 is 0 Å². The molecule has 16 heavy (non-hydrogen) atoms. The van der Waals surface area contributed by atoms with E-state index in [4.69, 9.17) is 0 Å². The van der Waals surface area contributed by atoms with Crippen molar-refractivity contribution in [2.45, 2.75) is 27.2 Å². The molecule has 2 aromatic rings. The predicted molar refractivity (Wildman–Crippen MR) is 69.9 cm³/mol. The molecule has 0 N–H and O–H groups in total. The molecule has 0 spiro atoms. The van der Waals surface area contributed by atoms with Crippen molar-refractivity contribution in [3.8, 4) is 0 Å². The molecular formula is C16H18. The van der Waals surface area contributed by atoms with E-state index in [9.17, 15) is 0 Å². The second-order valence-corrected chi connectivity index (χ2v) is 4.53. The molecule has 0 heterocycles. The quantitative estimate of drug-likeness (QED) is 0.696. The van der Waals surface area contributed by atoms with Crippen molar-refractivity contribution in [2.24, 2.45) is 0 Å². The monoisotopic (exact) mass is 210 g/mol. The third kappa shape index (κ3) is 2.33. The van der Waals surface area contributed by atoms with Crippen molar-refractivity contribution in [1.29, 1.82) is 0 Å². The summed E-state index contributed by atoms with van der Waals surface area (Å²) in [6.07, 6.45) is 1.04. The molecule has 0 bridgehead atoms. The summed E-state index contributed by atoms with van der Waals surface area (Å²) in [6, 6.07) is 15.3. The van der Waals surface area contributed by atoms with Crippen LogP contribution in [0.4, 0.5) is 0 Å². The molecule has 82 valence electrons. The van der Waals surface area contributed by atoms with Crippen molar-refractivity contribution in [3.05, 3.63) is 70.3 Å². The Labute approximate surface area is 97.9 Å². The highest BCUT2D eigenvalue weighted by molar-refractivity contribution is 5.37. The van der Waals surface area contributed by atoms with Gasteiger partial charge >= 0.3 is 0 Å². The van der Waals surface area contributed by atoms with Gasteiger partial charge in [-0.1, -0.05) is 48.0 Å². The van der Waals surface area contributed by atoms with Gasteiger partial charge in [0.15, 0.2) is 0 Å². The summed E-state index contributed by atoms with van der Waals surface area (Å²) in [6.45, 7) is 6.52. The minimum Gasteiger partial charge on any atom is -0.0620 e. The van der Waals surface area contributed by atoms with Crippen molar-refractivity contribution in [2.75, 3.05) is 0 Å². The molecule has 0 aliphatic carbocycles. The smallest absolute Gasteiger partial charge is 0.00204 e. The Morgan fingerprint density at radius 2 is 1.44 bits per heavy atom. The van der Waals surface area contributed by atoms with Gasteiger partial charge in [-0.15, -0.1) is 0 Å². The van der Waals surface area contributed by atoms with Gasteiger partial charge in [0, 0.05) is 0 Å². The highest BCUT2D eigenvalue weighted by atomic mass is 14.1. The van der Waals surface area contributed by atoms with Gasteiger partial charge in [-0.05, 0) is 49.4 Å². The lowest BCUT2D eigenvalue weighted by molar-refractivity contribution is 1.12. The maximum absolute atomic E-state index is 2.29. The SMILES string of the molecule is Cc1ccc(C)c(Cc2ccccc2C)c1. The van der Waals surface area contributed by atoms with Crippen LogP contribution in [0.2, 0.25) is 0 Å². The van der Waals surface area contributed by atoms with Gasteiger partial charge in [0.05, 0.1) is 0 Å². The molecule has 0 heteroatoms. The predicted octanol–water partition coefficient (Wildman–Crippen LogP) is 4.20. The Morgan fingerprint density at radius 1 is 0.750 bits per heavy atom. The zero-order chi connectivity index (χ0) is 11.5. The van der Waals surface area contributed by atoms with Gasteiger partial charge in [-0.2, -0.15) is 0 Å². The molecule has 0 fully saturated rings. The lowest BCUT2D eigenvalue weighted by atomic mass is 9.96. The maximum Gasteiger partial charge on any atom is -0.00204 e. The first-order valence-electron chi connectivity index (χ1n) is 5.77. The summed E-state index contributed by atoms with van der Waals surface area (Å²) in [7, 11) is 0. The van der Waals surface area contributed by atoms with Crippen LogP contribution in [0.1, 0.15) is 27.8 Å². The summed E-state index contributed by atoms with van der Waals surface area (Å²) in [5, 5.41) is 0. The first-order chi connectivity index (χ1) is 7.66. The fourth-order valence-electron chi connectivity index (χ4n) is 2.00. The van der Waals surface area contributed by atoms with Crippen molar-refractivity contribution in [1.82, 2.24) is 0 Å². The first-order valence-corrected chi connectivity index (χ1v) is 5.77. The number of rotatable bonds is 2. The zero-order valence-corrected chi connectivity index (χ0v) is 10.2. The third-order valence-corrected chi connectivity index (χ3v) is 3.15. The van der Waals surface area contributed by atoms with Gasteiger partial charge < -0.3 is 0 Å². The van der Waals surface area contributed by atoms with Crippen LogP contribution < -0.4 is 0 Å². The second-order valence-electron chi connectivity index (χ2n) is 4.53. The summed E-state index contributed by atoms with van der Waals surface area (Å²) in [5.41, 5.74) is 6.97. The molecule has 0 radical (unpaired) electrons. The standard InChI is InChI=1S/C16H18/c1-12-8-9-14(3)16(10-12)11-15-7-5-4-6-13(15)2/h4-10H,11H2,1-3H3. The largest absolute Gasteiger partial charge is 0.0620 e. The fraction of sp³-hybridized carbons (Fsp3) is 0.250. The Hall–Kier alpha value is -1.56. The van der Waals surface area contributed by atoms with Crippen molar-refractivity contribution >= 4 is 0 Å². The summed E-state index contributed by atoms with van der Waals surface area (Å²) < 4.78 is 0. The van der Waals surface area contributed by atoms with Crippen LogP contribution in [0.5, 0.6) is 0 Å². The van der Waals surface area contributed by atoms with Gasteiger partial charge in [-0.25, -0.2) is 0 Å². The molecule has 2 aromatic carbocycles. The number of benzene rings is 2. The minimum absolute atomic E-state index is 1.04. The Bertz CT molecular complexity index is 495. The van der Waals surface area contributed by atoms with E-state index >= 15 is 0 Å². The van der Waals surface area contributed by atoms with Gasteiger partial charge in [0.2, 0.25) is 0 Å². The number of aryl methyl sites for hydroxylation is 3. The normalized spacial score (nSPS) is 10.4. The molecule has 0 aliphatic rings. The molecule has 0 aromatic heterocycles. The van der Waals surface area contributed by atoms with E-state index in [2.05, 4.69) is 63.2 Å². The van der Waals surface area contributed by atoms with Crippen LogP contribution in [0.15, 0.2) is 42.5 Å². The third-order valence-electron chi connectivity index (χ3n) is 3.15. The van der Waals surface area contributed by atoms with Crippen LogP contribution >= 0.6 is 0 Å². The van der Waals surface area contributed by atoms with Crippen LogP contribution in [0.25, 0.3) is 0 Å². The van der Waals surface area contributed by atoms with Crippen LogP contribution in [-0.4, -0.2) is 0 Å². The molecule has 0 saturated carbocycles. The Morgan fingerprint density at radius 3 is 2.19 bits per heavy atom. The van der Waals surface area contributed by atoms with E-state index in [0.29, 0.717) is 0 Å². The molecule has 0 atom stereocenters. The molecule has 2 rings (SSSR count). The number of hydrogen-bond donors (Lipinski definition) is 0. The molecule has 0 saturated heterocycles. The molecule has 0 amide bonds. The van der Waals surface area contributed by atoms with E-state index in [1.165, 1.54) is 27.8 Å². The lowest BCUT2D eigenvalue weighted by Crippen LogP contribution is -1.94. The van der Waals surface area contributed by atoms with E-state index in [1.807, 2.05) is 0 Å². The number of hydrogen-bond acceptors (Lipinski definition) is 0. The lowest BCUT2D eigenvalue weighted by Gasteiger charge is -2.09. The fourth-order valence-corrected chi connectivity index (χ4v) is 2.00. The average molecular weight is 210 g/mol. The highest BCUT2D eigenvalue weighted by Crippen LogP contribution is 2.17. The van der Waals surface area contributed by atoms with E-state index in [1.54, 1.807) is 0 Å². The topological polar surface area (TPSA) is 0 Å². The maximum atomic E-state index is 2.29. The summed E-state index contributed by atoms with van der Waals surface area (Å²) in [4.78, 5) is 0. The Balaban J connectivity index is 2.34. The molecule has 0 aliphatic heterocycles. The van der Waals surface area contributed by atoms with Crippen molar-refractivity contribution in [3.63, 3.8) is 0 Å².